The van der Waals surface area contributed by atoms with E-state index in [9.17, 15) is 9.59 Å². The molecule has 0 aromatic heterocycles. The van der Waals surface area contributed by atoms with Crippen molar-refractivity contribution in [2.24, 2.45) is 11.8 Å². The van der Waals surface area contributed by atoms with Gasteiger partial charge in [0.1, 0.15) is 0 Å². The van der Waals surface area contributed by atoms with Gasteiger partial charge in [0.15, 0.2) is 5.78 Å². The van der Waals surface area contributed by atoms with Gasteiger partial charge in [-0.1, -0.05) is 25.4 Å². The van der Waals surface area contributed by atoms with E-state index in [0.717, 1.165) is 0 Å². The fourth-order valence-corrected chi connectivity index (χ4v) is 2.25. The van der Waals surface area contributed by atoms with Crippen molar-refractivity contribution < 1.29 is 14.7 Å². The Labute approximate surface area is 113 Å². The van der Waals surface area contributed by atoms with E-state index in [1.165, 1.54) is 6.92 Å². The van der Waals surface area contributed by atoms with Crippen LogP contribution in [0.4, 0.5) is 0 Å². The number of carboxylic acid groups (broad SMARTS) is 1. The Morgan fingerprint density at radius 2 is 1.88 bits per heavy atom. The highest BCUT2D eigenvalue weighted by Gasteiger charge is 2.27. The lowest BCUT2D eigenvalue weighted by molar-refractivity contribution is -0.142. The first-order valence-electron chi connectivity index (χ1n) is 5.06. The summed E-state index contributed by atoms with van der Waals surface area (Å²) in [6, 6.07) is 4.82. The summed E-state index contributed by atoms with van der Waals surface area (Å²) in [6.07, 6.45) is 0. The number of benzene rings is 1. The van der Waals surface area contributed by atoms with Crippen molar-refractivity contribution in [2.45, 2.75) is 13.8 Å². The van der Waals surface area contributed by atoms with Crippen molar-refractivity contribution in [3.05, 3.63) is 33.3 Å². The number of Topliss-reactive ketones (excluding diaryl/α,β-unsaturated/α-hetero) is 1. The first kappa shape index (κ1) is 14.2. The lowest BCUT2D eigenvalue weighted by atomic mass is 9.88. The van der Waals surface area contributed by atoms with Crippen LogP contribution in [0.25, 0.3) is 0 Å². The van der Waals surface area contributed by atoms with Crippen molar-refractivity contribution in [2.75, 3.05) is 0 Å². The summed E-state index contributed by atoms with van der Waals surface area (Å²) < 4.78 is 0.583. The molecule has 1 aromatic rings. The van der Waals surface area contributed by atoms with Crippen LogP contribution in [0.2, 0.25) is 5.02 Å². The van der Waals surface area contributed by atoms with Crippen molar-refractivity contribution in [3.63, 3.8) is 0 Å². The van der Waals surface area contributed by atoms with Gasteiger partial charge in [0.05, 0.1) is 5.92 Å². The molecule has 0 fully saturated rings. The third-order valence-corrected chi connectivity index (χ3v) is 3.64. The van der Waals surface area contributed by atoms with Crippen molar-refractivity contribution in [1.82, 2.24) is 0 Å². The first-order chi connectivity index (χ1) is 7.84. The quantitative estimate of drug-likeness (QED) is 0.862. The summed E-state index contributed by atoms with van der Waals surface area (Å²) in [5.41, 5.74) is 0.454. The molecule has 1 aromatic carbocycles. The van der Waals surface area contributed by atoms with Crippen LogP contribution in [-0.4, -0.2) is 16.9 Å². The normalized spacial score (nSPS) is 14.1. The topological polar surface area (TPSA) is 54.4 Å². The average Bonchev–Trinajstić information content (AvgIpc) is 2.26. The van der Waals surface area contributed by atoms with E-state index in [1.807, 2.05) is 0 Å². The van der Waals surface area contributed by atoms with Crippen molar-refractivity contribution in [1.29, 1.82) is 0 Å². The Morgan fingerprint density at radius 1 is 1.29 bits per heavy atom. The van der Waals surface area contributed by atoms with E-state index in [2.05, 4.69) is 15.9 Å². The third-order valence-electron chi connectivity index (χ3n) is 2.75. The SMILES string of the molecule is CC(C(=O)O)C(C)C(=O)c1ccc(Cl)cc1Br. The Kier molecular flexibility index (Phi) is 4.71. The maximum absolute atomic E-state index is 12.1. The summed E-state index contributed by atoms with van der Waals surface area (Å²) in [4.78, 5) is 22.9. The highest BCUT2D eigenvalue weighted by Crippen LogP contribution is 2.26. The minimum absolute atomic E-state index is 0.205. The summed E-state index contributed by atoms with van der Waals surface area (Å²) in [7, 11) is 0. The van der Waals surface area contributed by atoms with E-state index in [0.29, 0.717) is 15.1 Å². The molecule has 0 heterocycles. The number of hydrogen-bond donors (Lipinski definition) is 1. The number of ketones is 1. The van der Waals surface area contributed by atoms with Crippen LogP contribution in [0, 0.1) is 11.8 Å². The van der Waals surface area contributed by atoms with Gasteiger partial charge < -0.3 is 5.11 Å². The number of carbonyl (C=O) groups is 2. The van der Waals surface area contributed by atoms with Crippen LogP contribution in [0.5, 0.6) is 0 Å². The number of carboxylic acids is 1. The average molecular weight is 320 g/mol. The molecule has 0 saturated carbocycles. The molecule has 92 valence electrons. The van der Waals surface area contributed by atoms with Crippen LogP contribution in [0.3, 0.4) is 0 Å². The molecule has 1 rings (SSSR count). The van der Waals surface area contributed by atoms with Gasteiger partial charge in [0.25, 0.3) is 0 Å². The number of aliphatic carboxylic acids is 1. The maximum atomic E-state index is 12.1. The zero-order chi connectivity index (χ0) is 13.2. The smallest absolute Gasteiger partial charge is 0.306 e. The summed E-state index contributed by atoms with van der Waals surface area (Å²) in [6.45, 7) is 3.14. The largest absolute Gasteiger partial charge is 0.481 e. The standard InChI is InChI=1S/C12H12BrClO3/c1-6(7(2)12(16)17)11(15)9-4-3-8(14)5-10(9)13/h3-7H,1-2H3,(H,16,17). The van der Waals surface area contributed by atoms with Crippen molar-refractivity contribution in [3.8, 4) is 0 Å². The van der Waals surface area contributed by atoms with E-state index < -0.39 is 17.8 Å². The van der Waals surface area contributed by atoms with Gasteiger partial charge >= 0.3 is 5.97 Å². The molecule has 0 spiro atoms. The van der Waals surface area contributed by atoms with E-state index in [1.54, 1.807) is 25.1 Å². The molecule has 0 radical (unpaired) electrons. The Morgan fingerprint density at radius 3 is 2.35 bits per heavy atom. The second-order valence-electron chi connectivity index (χ2n) is 3.90. The van der Waals surface area contributed by atoms with Crippen molar-refractivity contribution >= 4 is 39.3 Å². The van der Waals surface area contributed by atoms with Crippen LogP contribution >= 0.6 is 27.5 Å². The minimum Gasteiger partial charge on any atom is -0.481 e. The first-order valence-corrected chi connectivity index (χ1v) is 6.23. The summed E-state index contributed by atoms with van der Waals surface area (Å²) in [5, 5.41) is 9.40. The second kappa shape index (κ2) is 5.65. The molecule has 0 aliphatic carbocycles. The number of hydrogen-bond acceptors (Lipinski definition) is 2. The molecule has 0 aliphatic heterocycles. The molecule has 0 bridgehead atoms. The molecular formula is C12H12BrClO3. The zero-order valence-corrected chi connectivity index (χ0v) is 11.7. The summed E-state index contributed by atoms with van der Waals surface area (Å²) in [5.74, 6) is -2.48. The number of halogens is 2. The van der Waals surface area contributed by atoms with E-state index >= 15 is 0 Å². The molecule has 0 aliphatic rings. The molecule has 17 heavy (non-hydrogen) atoms. The molecule has 2 unspecified atom stereocenters. The fourth-order valence-electron chi connectivity index (χ4n) is 1.38. The van der Waals surface area contributed by atoms with Crippen LogP contribution in [-0.2, 0) is 4.79 Å². The molecule has 3 nitrogen and oxygen atoms in total. The molecule has 5 heteroatoms. The number of rotatable bonds is 4. The molecule has 1 N–H and O–H groups in total. The van der Waals surface area contributed by atoms with Crippen LogP contribution < -0.4 is 0 Å². The highest BCUT2D eigenvalue weighted by atomic mass is 79.9. The van der Waals surface area contributed by atoms with E-state index in [-0.39, 0.29) is 5.78 Å². The van der Waals surface area contributed by atoms with Gasteiger partial charge in [-0.05, 0) is 34.1 Å². The van der Waals surface area contributed by atoms with Gasteiger partial charge in [0.2, 0.25) is 0 Å². The Hall–Kier alpha value is -0.870. The maximum Gasteiger partial charge on any atom is 0.306 e. The van der Waals surface area contributed by atoms with Crippen LogP contribution in [0.1, 0.15) is 24.2 Å². The fraction of sp³-hybridized carbons (Fsp3) is 0.333. The lowest BCUT2D eigenvalue weighted by Crippen LogP contribution is -2.25. The second-order valence-corrected chi connectivity index (χ2v) is 5.19. The minimum atomic E-state index is -0.976. The Balaban J connectivity index is 3.00. The molecule has 0 amide bonds. The monoisotopic (exact) mass is 318 g/mol. The number of carbonyl (C=O) groups excluding carboxylic acids is 1. The van der Waals surface area contributed by atoms with E-state index in [4.69, 9.17) is 16.7 Å². The van der Waals surface area contributed by atoms with Gasteiger partial charge in [-0.25, -0.2) is 0 Å². The van der Waals surface area contributed by atoms with Gasteiger partial charge in [0, 0.05) is 21.0 Å². The predicted molar refractivity (Wildman–Crippen MR) is 69.4 cm³/mol. The van der Waals surface area contributed by atoms with Gasteiger partial charge in [-0.2, -0.15) is 0 Å². The zero-order valence-electron chi connectivity index (χ0n) is 9.41. The molecule has 0 saturated heterocycles. The van der Waals surface area contributed by atoms with Gasteiger partial charge in [-0.3, -0.25) is 9.59 Å². The molecule has 2 atom stereocenters. The summed E-state index contributed by atoms with van der Waals surface area (Å²) >= 11 is 9.03. The lowest BCUT2D eigenvalue weighted by Gasteiger charge is -2.15. The predicted octanol–water partition coefficient (Wildman–Crippen LogP) is 3.64. The molecular weight excluding hydrogens is 307 g/mol. The highest BCUT2D eigenvalue weighted by molar-refractivity contribution is 9.10. The van der Waals surface area contributed by atoms with Crippen LogP contribution in [0.15, 0.2) is 22.7 Å². The third kappa shape index (κ3) is 3.30. The Bertz CT molecular complexity index is 459. The van der Waals surface area contributed by atoms with Gasteiger partial charge in [-0.15, -0.1) is 0 Å².